The molecule has 0 amide bonds. The summed E-state index contributed by atoms with van der Waals surface area (Å²) >= 11 is 0. The molecule has 202 valence electrons. The van der Waals surface area contributed by atoms with Gasteiger partial charge in [0.05, 0.1) is 0 Å². The second-order valence-electron chi connectivity index (χ2n) is 10.4. The average Bonchev–Trinajstić information content (AvgIpc) is 3.48. The van der Waals surface area contributed by atoms with Crippen LogP contribution in [0.1, 0.15) is 0 Å². The summed E-state index contributed by atoms with van der Waals surface area (Å²) in [5.74, 6) is 1.89. The van der Waals surface area contributed by atoms with E-state index < -0.39 is 0 Å². The number of hydrogen-bond donors (Lipinski definition) is 0. The van der Waals surface area contributed by atoms with Crippen LogP contribution in [0.4, 0.5) is 0 Å². The lowest BCUT2D eigenvalue weighted by molar-refractivity contribution is 0.669. The van der Waals surface area contributed by atoms with Crippen LogP contribution >= 0.6 is 0 Å². The Hall–Kier alpha value is -5.87. The van der Waals surface area contributed by atoms with Gasteiger partial charge in [-0.05, 0) is 34.4 Å². The Kier molecular flexibility index (Phi) is 6.08. The molecule has 8 rings (SSSR count). The molecular formula is C39H25N3O. The van der Waals surface area contributed by atoms with Gasteiger partial charge in [-0.2, -0.15) is 0 Å². The Morgan fingerprint density at radius 1 is 0.326 bits per heavy atom. The zero-order valence-corrected chi connectivity index (χ0v) is 23.2. The van der Waals surface area contributed by atoms with E-state index in [0.717, 1.165) is 55.3 Å². The minimum Gasteiger partial charge on any atom is -0.456 e. The van der Waals surface area contributed by atoms with Gasteiger partial charge in [-0.1, -0.05) is 140 Å². The number of rotatable bonds is 5. The van der Waals surface area contributed by atoms with Crippen LogP contribution < -0.4 is 0 Å². The predicted molar refractivity (Wildman–Crippen MR) is 174 cm³/mol. The van der Waals surface area contributed by atoms with E-state index in [1.54, 1.807) is 0 Å². The molecule has 2 heterocycles. The molecule has 0 spiro atoms. The molecule has 0 saturated carbocycles. The van der Waals surface area contributed by atoms with Gasteiger partial charge in [0.25, 0.3) is 0 Å². The SMILES string of the molecule is c1ccc(-c2ccc(-c3nc(-c4ccccc4)nc(-c4ccccc4-c4cccc5oc6ccccc6c45)n3)cc2)cc1. The summed E-state index contributed by atoms with van der Waals surface area (Å²) in [5, 5.41) is 2.17. The van der Waals surface area contributed by atoms with Crippen molar-refractivity contribution >= 4 is 21.9 Å². The molecule has 0 aliphatic heterocycles. The summed E-state index contributed by atoms with van der Waals surface area (Å²) in [4.78, 5) is 15.1. The minimum atomic E-state index is 0.622. The predicted octanol–water partition coefficient (Wildman–Crippen LogP) is 10.1. The molecule has 4 heteroatoms. The molecule has 0 fully saturated rings. The van der Waals surface area contributed by atoms with E-state index in [-0.39, 0.29) is 0 Å². The van der Waals surface area contributed by atoms with Crippen LogP contribution in [0, 0.1) is 0 Å². The van der Waals surface area contributed by atoms with Crippen LogP contribution in [-0.4, -0.2) is 15.0 Å². The van der Waals surface area contributed by atoms with Gasteiger partial charge in [-0.15, -0.1) is 0 Å². The lowest BCUT2D eigenvalue weighted by Crippen LogP contribution is -2.01. The second-order valence-corrected chi connectivity index (χ2v) is 10.4. The van der Waals surface area contributed by atoms with E-state index in [2.05, 4.69) is 78.9 Å². The van der Waals surface area contributed by atoms with E-state index in [1.807, 2.05) is 72.8 Å². The van der Waals surface area contributed by atoms with Crippen LogP contribution in [0.2, 0.25) is 0 Å². The van der Waals surface area contributed by atoms with E-state index in [9.17, 15) is 0 Å². The Morgan fingerprint density at radius 3 is 1.56 bits per heavy atom. The quantitative estimate of drug-likeness (QED) is 0.214. The normalized spacial score (nSPS) is 11.3. The fourth-order valence-electron chi connectivity index (χ4n) is 5.70. The summed E-state index contributed by atoms with van der Waals surface area (Å²) < 4.78 is 6.21. The van der Waals surface area contributed by atoms with Crippen LogP contribution in [0.5, 0.6) is 0 Å². The van der Waals surface area contributed by atoms with Crippen LogP contribution in [0.15, 0.2) is 156 Å². The monoisotopic (exact) mass is 551 g/mol. The van der Waals surface area contributed by atoms with Crippen molar-refractivity contribution in [3.63, 3.8) is 0 Å². The fourth-order valence-corrected chi connectivity index (χ4v) is 5.70. The fraction of sp³-hybridized carbons (Fsp3) is 0. The molecule has 43 heavy (non-hydrogen) atoms. The highest BCUT2D eigenvalue weighted by Crippen LogP contribution is 2.40. The van der Waals surface area contributed by atoms with E-state index in [1.165, 1.54) is 5.56 Å². The lowest BCUT2D eigenvalue weighted by Gasteiger charge is -2.13. The topological polar surface area (TPSA) is 51.8 Å². The van der Waals surface area contributed by atoms with Gasteiger partial charge in [-0.3, -0.25) is 0 Å². The van der Waals surface area contributed by atoms with E-state index in [0.29, 0.717) is 17.5 Å². The summed E-state index contributed by atoms with van der Waals surface area (Å²) in [6.45, 7) is 0. The molecule has 0 aliphatic carbocycles. The van der Waals surface area contributed by atoms with Gasteiger partial charge in [0, 0.05) is 27.5 Å². The maximum atomic E-state index is 6.21. The first-order chi connectivity index (χ1) is 21.3. The molecule has 8 aromatic rings. The summed E-state index contributed by atoms with van der Waals surface area (Å²) in [7, 11) is 0. The van der Waals surface area contributed by atoms with Crippen molar-refractivity contribution in [2.24, 2.45) is 0 Å². The highest BCUT2D eigenvalue weighted by Gasteiger charge is 2.18. The largest absolute Gasteiger partial charge is 0.456 e. The van der Waals surface area contributed by atoms with Gasteiger partial charge in [-0.25, -0.2) is 15.0 Å². The first kappa shape index (κ1) is 24.9. The Bertz CT molecular complexity index is 2220. The number of furan rings is 1. The van der Waals surface area contributed by atoms with Crippen LogP contribution in [-0.2, 0) is 0 Å². The van der Waals surface area contributed by atoms with Crippen molar-refractivity contribution < 1.29 is 4.42 Å². The third-order valence-corrected chi connectivity index (χ3v) is 7.78. The minimum absolute atomic E-state index is 0.622. The Labute approximate surface area is 249 Å². The molecular weight excluding hydrogens is 526 g/mol. The average molecular weight is 552 g/mol. The number of aromatic nitrogens is 3. The van der Waals surface area contributed by atoms with Crippen LogP contribution in [0.3, 0.4) is 0 Å². The van der Waals surface area contributed by atoms with Crippen LogP contribution in [0.25, 0.3) is 78.4 Å². The van der Waals surface area contributed by atoms with Crippen molar-refractivity contribution in [1.29, 1.82) is 0 Å². The molecule has 0 aliphatic rings. The van der Waals surface area contributed by atoms with Crippen molar-refractivity contribution in [3.05, 3.63) is 152 Å². The molecule has 0 unspecified atom stereocenters. The van der Waals surface area contributed by atoms with Gasteiger partial charge in [0.2, 0.25) is 0 Å². The van der Waals surface area contributed by atoms with E-state index >= 15 is 0 Å². The third-order valence-electron chi connectivity index (χ3n) is 7.78. The van der Waals surface area contributed by atoms with Crippen molar-refractivity contribution in [2.75, 3.05) is 0 Å². The number of hydrogen-bond acceptors (Lipinski definition) is 4. The molecule has 2 aromatic heterocycles. The molecule has 0 radical (unpaired) electrons. The van der Waals surface area contributed by atoms with E-state index in [4.69, 9.17) is 19.4 Å². The number of nitrogens with zero attached hydrogens (tertiary/aromatic N) is 3. The summed E-state index contributed by atoms with van der Waals surface area (Å²) in [6.07, 6.45) is 0. The molecule has 4 nitrogen and oxygen atoms in total. The van der Waals surface area contributed by atoms with Gasteiger partial charge in [0.1, 0.15) is 11.2 Å². The second kappa shape index (κ2) is 10.5. The maximum Gasteiger partial charge on any atom is 0.164 e. The zero-order chi connectivity index (χ0) is 28.6. The zero-order valence-electron chi connectivity index (χ0n) is 23.2. The molecule has 6 aromatic carbocycles. The maximum absolute atomic E-state index is 6.21. The smallest absolute Gasteiger partial charge is 0.164 e. The van der Waals surface area contributed by atoms with Gasteiger partial charge < -0.3 is 4.42 Å². The number of benzene rings is 6. The third kappa shape index (κ3) is 4.55. The summed E-state index contributed by atoms with van der Waals surface area (Å²) in [5.41, 5.74) is 8.96. The lowest BCUT2D eigenvalue weighted by atomic mass is 9.95. The number of fused-ring (bicyclic) bond motifs is 3. The molecule has 0 N–H and O–H groups in total. The summed E-state index contributed by atoms with van der Waals surface area (Å²) in [6, 6.07) is 51.5. The van der Waals surface area contributed by atoms with Gasteiger partial charge in [0.15, 0.2) is 17.5 Å². The Balaban J connectivity index is 1.32. The highest BCUT2D eigenvalue weighted by atomic mass is 16.3. The van der Waals surface area contributed by atoms with Gasteiger partial charge >= 0.3 is 0 Å². The van der Waals surface area contributed by atoms with Crippen molar-refractivity contribution in [2.45, 2.75) is 0 Å². The molecule has 0 bridgehead atoms. The van der Waals surface area contributed by atoms with Crippen molar-refractivity contribution in [1.82, 2.24) is 15.0 Å². The highest BCUT2D eigenvalue weighted by molar-refractivity contribution is 6.13. The standard InChI is InChI=1S/C39H25N3O/c1-3-12-26(13-4-1)27-22-24-29(25-23-27)38-40-37(28-14-5-2-6-15-28)41-39(42-38)32-17-8-7-16-30(32)31-19-11-21-35-36(31)33-18-9-10-20-34(33)43-35/h1-25H. The van der Waals surface area contributed by atoms with Crippen molar-refractivity contribution in [3.8, 4) is 56.4 Å². The Morgan fingerprint density at radius 2 is 0.814 bits per heavy atom. The first-order valence-electron chi connectivity index (χ1n) is 14.3. The number of para-hydroxylation sites is 1. The first-order valence-corrected chi connectivity index (χ1v) is 14.3. The molecule has 0 atom stereocenters. The molecule has 0 saturated heterocycles.